The summed E-state index contributed by atoms with van der Waals surface area (Å²) in [6.45, 7) is 6.54. The number of carbonyl (C=O) groups is 1. The summed E-state index contributed by atoms with van der Waals surface area (Å²) in [7, 11) is 0. The molecule has 0 aromatic carbocycles. The van der Waals surface area contributed by atoms with Crippen molar-refractivity contribution in [3.63, 3.8) is 0 Å². The van der Waals surface area contributed by atoms with Gasteiger partial charge in [0.2, 0.25) is 0 Å². The van der Waals surface area contributed by atoms with Crippen molar-refractivity contribution in [1.29, 1.82) is 0 Å². The molecule has 5 nitrogen and oxygen atoms in total. The minimum absolute atomic E-state index is 0.138. The molecule has 0 bridgehead atoms. The Bertz CT molecular complexity index is 499. The van der Waals surface area contributed by atoms with Crippen LogP contribution < -0.4 is 16.0 Å². The van der Waals surface area contributed by atoms with Crippen molar-refractivity contribution in [2.45, 2.75) is 33.1 Å². The van der Waals surface area contributed by atoms with E-state index >= 15 is 0 Å². The van der Waals surface area contributed by atoms with Gasteiger partial charge in [-0.15, -0.1) is 0 Å². The lowest BCUT2D eigenvalue weighted by Crippen LogP contribution is -2.29. The molecule has 6 heteroatoms. The van der Waals surface area contributed by atoms with Gasteiger partial charge in [0.1, 0.15) is 10.7 Å². The molecule has 3 N–H and O–H groups in total. The third kappa shape index (κ3) is 3.72. The molecular weight excluding hydrogens is 272 g/mol. The van der Waals surface area contributed by atoms with Gasteiger partial charge in [0.15, 0.2) is 5.13 Å². The van der Waals surface area contributed by atoms with Crippen LogP contribution in [0.5, 0.6) is 0 Å². The third-order valence-corrected chi connectivity index (χ3v) is 4.38. The Kier molecular flexibility index (Phi) is 5.00. The molecule has 0 atom stereocenters. The highest BCUT2D eigenvalue weighted by molar-refractivity contribution is 7.18. The Morgan fingerprint density at radius 1 is 1.40 bits per heavy atom. The summed E-state index contributed by atoms with van der Waals surface area (Å²) in [6, 6.07) is 0. The molecule has 2 heterocycles. The number of rotatable bonds is 4. The fourth-order valence-electron chi connectivity index (χ4n) is 2.13. The number of carbonyl (C=O) groups excluding carboxylic acids is 1. The molecule has 1 aliphatic rings. The van der Waals surface area contributed by atoms with E-state index in [2.05, 4.69) is 15.2 Å². The average Bonchev–Trinajstić information content (AvgIpc) is 2.81. The summed E-state index contributed by atoms with van der Waals surface area (Å²) in [4.78, 5) is 19.2. The zero-order chi connectivity index (χ0) is 14.5. The van der Waals surface area contributed by atoms with E-state index < -0.39 is 0 Å². The number of aromatic nitrogens is 1. The van der Waals surface area contributed by atoms with Crippen molar-refractivity contribution in [2.24, 2.45) is 0 Å². The lowest BCUT2D eigenvalue weighted by Gasteiger charge is -2.25. The zero-order valence-electron chi connectivity index (χ0n) is 12.1. The molecule has 2 rings (SSSR count). The van der Waals surface area contributed by atoms with Crippen LogP contribution in [0.3, 0.4) is 0 Å². The van der Waals surface area contributed by atoms with Crippen LogP contribution in [0.4, 0.5) is 10.9 Å². The number of piperidine rings is 1. The molecule has 1 aromatic rings. The van der Waals surface area contributed by atoms with Crippen LogP contribution in [0.2, 0.25) is 0 Å². The summed E-state index contributed by atoms with van der Waals surface area (Å²) in [5, 5.41) is 3.71. The van der Waals surface area contributed by atoms with Crippen LogP contribution >= 0.6 is 11.3 Å². The molecular formula is C14H22N4OS. The van der Waals surface area contributed by atoms with Crippen LogP contribution in [0, 0.1) is 0 Å². The van der Waals surface area contributed by atoms with E-state index in [4.69, 9.17) is 5.73 Å². The number of thiazole rings is 1. The van der Waals surface area contributed by atoms with Crippen molar-refractivity contribution in [3.05, 3.63) is 16.5 Å². The lowest BCUT2D eigenvalue weighted by atomic mass is 10.1. The molecule has 1 saturated heterocycles. The van der Waals surface area contributed by atoms with Crippen molar-refractivity contribution in [3.8, 4) is 0 Å². The Balaban J connectivity index is 2.02. The monoisotopic (exact) mass is 294 g/mol. The first kappa shape index (κ1) is 14.8. The molecule has 1 fully saturated rings. The third-order valence-electron chi connectivity index (χ3n) is 3.25. The Hall–Kier alpha value is -1.56. The maximum absolute atomic E-state index is 12.1. The number of anilines is 2. The quantitative estimate of drug-likeness (QED) is 0.837. The molecule has 0 unspecified atom stereocenters. The summed E-state index contributed by atoms with van der Waals surface area (Å²) in [5.74, 6) is 0.200. The number of nitrogen functional groups attached to an aromatic ring is 1. The van der Waals surface area contributed by atoms with E-state index in [0.717, 1.165) is 18.2 Å². The van der Waals surface area contributed by atoms with Gasteiger partial charge in [0.25, 0.3) is 5.91 Å². The smallest absolute Gasteiger partial charge is 0.265 e. The first-order valence-electron chi connectivity index (χ1n) is 7.00. The van der Waals surface area contributed by atoms with Gasteiger partial charge in [-0.3, -0.25) is 4.79 Å². The second kappa shape index (κ2) is 6.74. The van der Waals surface area contributed by atoms with Gasteiger partial charge in [-0.2, -0.15) is 0 Å². The molecule has 0 radical (unpaired) electrons. The van der Waals surface area contributed by atoms with Crippen LogP contribution in [0.25, 0.3) is 0 Å². The Morgan fingerprint density at radius 2 is 2.10 bits per heavy atom. The van der Waals surface area contributed by atoms with Crippen LogP contribution in [0.1, 0.15) is 42.8 Å². The fourth-order valence-corrected chi connectivity index (χ4v) is 3.08. The number of allylic oxidation sites excluding steroid dienone is 1. The highest BCUT2D eigenvalue weighted by Crippen LogP contribution is 2.29. The predicted molar refractivity (Wildman–Crippen MR) is 84.4 cm³/mol. The van der Waals surface area contributed by atoms with E-state index in [-0.39, 0.29) is 5.91 Å². The first-order chi connectivity index (χ1) is 9.58. The van der Waals surface area contributed by atoms with Crippen LogP contribution in [0.15, 0.2) is 11.6 Å². The minimum Gasteiger partial charge on any atom is -0.382 e. The summed E-state index contributed by atoms with van der Waals surface area (Å²) >= 11 is 1.39. The minimum atomic E-state index is -0.138. The number of nitrogens with one attached hydrogen (secondary N) is 1. The second-order valence-electron chi connectivity index (χ2n) is 5.25. The van der Waals surface area contributed by atoms with Gasteiger partial charge < -0.3 is 16.0 Å². The number of hydrogen-bond donors (Lipinski definition) is 2. The van der Waals surface area contributed by atoms with Gasteiger partial charge in [-0.25, -0.2) is 4.98 Å². The summed E-state index contributed by atoms with van der Waals surface area (Å²) < 4.78 is 0. The molecule has 1 aliphatic heterocycles. The summed E-state index contributed by atoms with van der Waals surface area (Å²) in [6.07, 6.45) is 5.61. The van der Waals surface area contributed by atoms with Gasteiger partial charge in [-0.05, 0) is 33.1 Å². The molecule has 0 saturated carbocycles. The zero-order valence-corrected chi connectivity index (χ0v) is 12.9. The van der Waals surface area contributed by atoms with E-state index in [1.807, 2.05) is 19.9 Å². The van der Waals surface area contributed by atoms with Gasteiger partial charge in [0, 0.05) is 19.6 Å². The van der Waals surface area contributed by atoms with Crippen molar-refractivity contribution >= 4 is 28.2 Å². The maximum atomic E-state index is 12.1. The highest BCUT2D eigenvalue weighted by atomic mass is 32.1. The Labute approximate surface area is 123 Å². The largest absolute Gasteiger partial charge is 0.382 e. The highest BCUT2D eigenvalue weighted by Gasteiger charge is 2.20. The number of nitrogens with zero attached hydrogens (tertiary/aromatic N) is 2. The van der Waals surface area contributed by atoms with Gasteiger partial charge in [0.05, 0.1) is 0 Å². The van der Waals surface area contributed by atoms with Gasteiger partial charge in [-0.1, -0.05) is 23.0 Å². The molecule has 1 amide bonds. The second-order valence-corrected chi connectivity index (χ2v) is 6.23. The molecule has 1 aromatic heterocycles. The van der Waals surface area contributed by atoms with E-state index in [0.29, 0.717) is 17.2 Å². The van der Waals surface area contributed by atoms with E-state index in [9.17, 15) is 4.79 Å². The SMILES string of the molecule is CC(C)=CCNC(=O)c1sc(N2CCCCC2)nc1N. The summed E-state index contributed by atoms with van der Waals surface area (Å²) in [5.41, 5.74) is 7.05. The predicted octanol–water partition coefficient (Wildman–Crippen LogP) is 2.41. The van der Waals surface area contributed by atoms with Crippen molar-refractivity contribution < 1.29 is 4.79 Å². The Morgan fingerprint density at radius 3 is 2.75 bits per heavy atom. The molecule has 0 spiro atoms. The number of hydrogen-bond acceptors (Lipinski definition) is 5. The van der Waals surface area contributed by atoms with Crippen LogP contribution in [-0.2, 0) is 0 Å². The molecule has 20 heavy (non-hydrogen) atoms. The molecule has 110 valence electrons. The normalized spacial score (nSPS) is 15.0. The van der Waals surface area contributed by atoms with E-state index in [1.54, 1.807) is 0 Å². The molecule has 0 aliphatic carbocycles. The standard InChI is InChI=1S/C14H22N4OS/c1-10(2)6-7-16-13(19)11-12(15)17-14(20-11)18-8-4-3-5-9-18/h6H,3-5,7-9,15H2,1-2H3,(H,16,19). The fraction of sp³-hybridized carbons (Fsp3) is 0.571. The maximum Gasteiger partial charge on any atom is 0.265 e. The van der Waals surface area contributed by atoms with Crippen LogP contribution in [-0.4, -0.2) is 30.5 Å². The number of amides is 1. The number of nitrogens with two attached hydrogens (primary N) is 1. The first-order valence-corrected chi connectivity index (χ1v) is 7.82. The van der Waals surface area contributed by atoms with E-state index in [1.165, 1.54) is 36.2 Å². The average molecular weight is 294 g/mol. The van der Waals surface area contributed by atoms with Crippen molar-refractivity contribution in [2.75, 3.05) is 30.3 Å². The lowest BCUT2D eigenvalue weighted by molar-refractivity contribution is 0.0962. The van der Waals surface area contributed by atoms with Crippen molar-refractivity contribution in [1.82, 2.24) is 10.3 Å². The topological polar surface area (TPSA) is 71.2 Å². The van der Waals surface area contributed by atoms with Gasteiger partial charge >= 0.3 is 0 Å².